The molecule has 3 nitrogen and oxygen atoms in total. The first-order valence-electron chi connectivity index (χ1n) is 19.0. The Labute approximate surface area is 260 Å². The van der Waals surface area contributed by atoms with Crippen LogP contribution in [0.3, 0.4) is 0 Å². The normalized spacial score (nSPS) is 41.0. The highest BCUT2D eigenvalue weighted by Gasteiger charge is 2.76. The molecule has 0 aromatic carbocycles. The Morgan fingerprint density at radius 3 is 2.26 bits per heavy atom. The first kappa shape index (κ1) is 32.8. The lowest BCUT2D eigenvalue weighted by Gasteiger charge is -2.59. The smallest absolute Gasteiger partial charge is 0.306 e. The zero-order valence-corrected chi connectivity index (χ0v) is 28.7. The van der Waals surface area contributed by atoms with Crippen molar-refractivity contribution in [1.82, 2.24) is 0 Å². The van der Waals surface area contributed by atoms with Gasteiger partial charge in [0.15, 0.2) is 0 Å². The minimum Gasteiger partial charge on any atom is -0.462 e. The van der Waals surface area contributed by atoms with Crippen LogP contribution in [0.15, 0.2) is 0 Å². The van der Waals surface area contributed by atoms with Crippen LogP contribution in [0, 0.1) is 46.3 Å². The zero-order chi connectivity index (χ0) is 30.0. The minimum atomic E-state index is -0.00890. The van der Waals surface area contributed by atoms with E-state index in [-0.39, 0.29) is 23.1 Å². The molecule has 3 heteroatoms. The predicted molar refractivity (Wildman–Crippen MR) is 174 cm³/mol. The van der Waals surface area contributed by atoms with E-state index in [1.807, 2.05) is 0 Å². The Morgan fingerprint density at radius 2 is 1.55 bits per heavy atom. The van der Waals surface area contributed by atoms with E-state index in [1.165, 1.54) is 109 Å². The summed E-state index contributed by atoms with van der Waals surface area (Å²) in [6.45, 7) is 14.9. The van der Waals surface area contributed by atoms with Gasteiger partial charge in [-0.15, -0.1) is 0 Å². The third kappa shape index (κ3) is 6.53. The molecule has 1 aliphatic heterocycles. The molecule has 10 atom stereocenters. The number of hydrogen-bond acceptors (Lipinski definition) is 3. The van der Waals surface area contributed by atoms with Crippen LogP contribution in [-0.4, -0.2) is 23.8 Å². The number of carbonyl (C=O) groups is 1. The van der Waals surface area contributed by atoms with Crippen molar-refractivity contribution < 1.29 is 14.3 Å². The summed E-state index contributed by atoms with van der Waals surface area (Å²) in [6, 6.07) is 0. The van der Waals surface area contributed by atoms with Crippen molar-refractivity contribution in [2.45, 2.75) is 194 Å². The van der Waals surface area contributed by atoms with Crippen molar-refractivity contribution in [3.8, 4) is 0 Å². The summed E-state index contributed by atoms with van der Waals surface area (Å²) >= 11 is 0. The van der Waals surface area contributed by atoms with Crippen LogP contribution in [0.5, 0.6) is 0 Å². The van der Waals surface area contributed by atoms with Crippen LogP contribution in [0.1, 0.15) is 176 Å². The van der Waals surface area contributed by atoms with Crippen LogP contribution in [0.4, 0.5) is 0 Å². The maximum absolute atomic E-state index is 12.8. The molecule has 0 bridgehead atoms. The maximum atomic E-state index is 12.8. The second-order valence-corrected chi connectivity index (χ2v) is 17.0. The number of hydrogen-bond donors (Lipinski definition) is 0. The first-order valence-corrected chi connectivity index (χ1v) is 19.0. The van der Waals surface area contributed by atoms with Crippen molar-refractivity contribution in [3.63, 3.8) is 0 Å². The average molecular weight is 585 g/mol. The fourth-order valence-electron chi connectivity index (χ4n) is 11.6. The Morgan fingerprint density at radius 1 is 0.833 bits per heavy atom. The molecule has 42 heavy (non-hydrogen) atoms. The summed E-state index contributed by atoms with van der Waals surface area (Å²) in [5, 5.41) is 0. The molecule has 5 fully saturated rings. The molecule has 4 aliphatic carbocycles. The van der Waals surface area contributed by atoms with E-state index in [2.05, 4.69) is 41.5 Å². The van der Waals surface area contributed by atoms with Gasteiger partial charge in [-0.3, -0.25) is 4.79 Å². The van der Waals surface area contributed by atoms with E-state index in [9.17, 15) is 4.79 Å². The summed E-state index contributed by atoms with van der Waals surface area (Å²) in [6.07, 6.45) is 27.0. The Bertz CT molecular complexity index is 883. The Hall–Kier alpha value is -0.570. The van der Waals surface area contributed by atoms with Gasteiger partial charge in [-0.05, 0) is 92.3 Å². The molecule has 0 aromatic heterocycles. The highest BCUT2D eigenvalue weighted by Crippen LogP contribution is 2.74. The standard InChI is InChI=1S/C39H68O3/c1-7-8-9-10-11-12-13-14-15-19-36(40)41-30-22-25-38(6)34-23-24-37(5)32(29(4)18-16-17-28(2)3)20-21-33(37)31(34)26-35-39(38,27-30)42-35/h28-35H,7-27H2,1-6H3/t29-,30+,31+,32-,33+,34+,35-,37-,38-,39-/m1/s1. The average Bonchev–Trinajstić information content (AvgIpc) is 3.52. The van der Waals surface area contributed by atoms with Gasteiger partial charge in [0.25, 0.3) is 0 Å². The van der Waals surface area contributed by atoms with E-state index in [0.717, 1.165) is 54.8 Å². The van der Waals surface area contributed by atoms with Gasteiger partial charge in [0.2, 0.25) is 0 Å². The van der Waals surface area contributed by atoms with E-state index in [0.29, 0.717) is 17.9 Å². The number of carbonyl (C=O) groups excluding carboxylic acids is 1. The van der Waals surface area contributed by atoms with Crippen molar-refractivity contribution in [1.29, 1.82) is 0 Å². The van der Waals surface area contributed by atoms with E-state index >= 15 is 0 Å². The fourth-order valence-corrected chi connectivity index (χ4v) is 11.6. The lowest BCUT2D eigenvalue weighted by atomic mass is 9.44. The molecule has 0 amide bonds. The summed E-state index contributed by atoms with van der Waals surface area (Å²) in [5.74, 6) is 5.18. The molecular weight excluding hydrogens is 516 g/mol. The quantitative estimate of drug-likeness (QED) is 0.103. The molecule has 0 unspecified atom stereocenters. The van der Waals surface area contributed by atoms with Gasteiger partial charge in [-0.2, -0.15) is 0 Å². The molecule has 0 radical (unpaired) electrons. The molecule has 1 spiro atoms. The van der Waals surface area contributed by atoms with E-state index < -0.39 is 0 Å². The zero-order valence-electron chi connectivity index (χ0n) is 28.7. The van der Waals surface area contributed by atoms with Gasteiger partial charge in [-0.1, -0.05) is 112 Å². The van der Waals surface area contributed by atoms with Crippen molar-refractivity contribution in [2.24, 2.45) is 46.3 Å². The highest BCUT2D eigenvalue weighted by atomic mass is 16.6. The molecule has 5 rings (SSSR count). The number of esters is 1. The Kier molecular flexibility index (Phi) is 10.8. The third-order valence-electron chi connectivity index (χ3n) is 14.0. The van der Waals surface area contributed by atoms with Gasteiger partial charge in [0, 0.05) is 18.3 Å². The molecule has 4 saturated carbocycles. The lowest BCUT2D eigenvalue weighted by Crippen LogP contribution is -2.59. The molecule has 1 saturated heterocycles. The lowest BCUT2D eigenvalue weighted by molar-refractivity contribution is -0.160. The Balaban J connectivity index is 1.09. The first-order chi connectivity index (χ1) is 20.1. The topological polar surface area (TPSA) is 38.8 Å². The summed E-state index contributed by atoms with van der Waals surface area (Å²) < 4.78 is 12.9. The summed E-state index contributed by atoms with van der Waals surface area (Å²) in [4.78, 5) is 12.8. The van der Waals surface area contributed by atoms with Gasteiger partial charge in [0.05, 0.1) is 6.10 Å². The molecule has 0 N–H and O–H groups in total. The number of rotatable bonds is 16. The summed E-state index contributed by atoms with van der Waals surface area (Å²) in [7, 11) is 0. The van der Waals surface area contributed by atoms with Crippen LogP contribution in [0.25, 0.3) is 0 Å². The van der Waals surface area contributed by atoms with Crippen molar-refractivity contribution in [3.05, 3.63) is 0 Å². The number of fused-ring (bicyclic) bond motifs is 4. The second-order valence-electron chi connectivity index (χ2n) is 17.0. The number of epoxide rings is 1. The van der Waals surface area contributed by atoms with Crippen molar-refractivity contribution >= 4 is 5.97 Å². The van der Waals surface area contributed by atoms with Crippen LogP contribution in [0.2, 0.25) is 0 Å². The molecule has 1 heterocycles. The summed E-state index contributed by atoms with van der Waals surface area (Å²) in [5.41, 5.74) is 0.791. The highest BCUT2D eigenvalue weighted by molar-refractivity contribution is 5.69. The number of ether oxygens (including phenoxy) is 2. The molecular formula is C39H68O3. The van der Waals surface area contributed by atoms with Gasteiger partial charge in [0.1, 0.15) is 11.7 Å². The van der Waals surface area contributed by atoms with Gasteiger partial charge >= 0.3 is 5.97 Å². The number of unbranched alkanes of at least 4 members (excludes halogenated alkanes) is 8. The fraction of sp³-hybridized carbons (Fsp3) is 0.974. The SMILES string of the molecule is CCCCCCCCCCCC(=O)O[C@H]1CC[C@]2(C)[C@H]3CC[C@]4(C)[C@@H]([C@H](C)CCCC(C)C)CC[C@H]4[C@@H]3C[C@H]3O[C@]32C1. The van der Waals surface area contributed by atoms with Gasteiger partial charge in [-0.25, -0.2) is 0 Å². The van der Waals surface area contributed by atoms with E-state index in [4.69, 9.17) is 9.47 Å². The molecule has 5 aliphatic rings. The molecule has 0 aromatic rings. The molecule has 242 valence electrons. The van der Waals surface area contributed by atoms with Crippen molar-refractivity contribution in [2.75, 3.05) is 0 Å². The minimum absolute atomic E-state index is 0.00890. The predicted octanol–water partition coefficient (Wildman–Crippen LogP) is 11.1. The monoisotopic (exact) mass is 585 g/mol. The van der Waals surface area contributed by atoms with Crippen LogP contribution < -0.4 is 0 Å². The third-order valence-corrected chi connectivity index (χ3v) is 14.0. The second kappa shape index (κ2) is 13.8. The van der Waals surface area contributed by atoms with E-state index in [1.54, 1.807) is 0 Å². The van der Waals surface area contributed by atoms with Crippen LogP contribution in [-0.2, 0) is 14.3 Å². The largest absolute Gasteiger partial charge is 0.462 e. The van der Waals surface area contributed by atoms with Crippen LogP contribution >= 0.6 is 0 Å². The maximum Gasteiger partial charge on any atom is 0.306 e. The van der Waals surface area contributed by atoms with Gasteiger partial charge < -0.3 is 9.47 Å².